The van der Waals surface area contributed by atoms with Gasteiger partial charge in [0.1, 0.15) is 0 Å². The molecule has 2 aromatic heterocycles. The molecule has 0 saturated heterocycles. The SMILES string of the molecule is CCOC(=O)c1ccccc1NC(=O)COC(=O)c1cc(C2CC2)nc2c1cnn2C(C)C. The average molecular weight is 450 g/mol. The van der Waals surface area contributed by atoms with Crippen LogP contribution >= 0.6 is 0 Å². The number of hydrogen-bond donors (Lipinski definition) is 1. The number of para-hydroxylation sites is 1. The second kappa shape index (κ2) is 9.40. The molecule has 1 aliphatic rings. The van der Waals surface area contributed by atoms with Crippen LogP contribution in [-0.2, 0) is 14.3 Å². The predicted molar refractivity (Wildman–Crippen MR) is 121 cm³/mol. The van der Waals surface area contributed by atoms with E-state index in [0.717, 1.165) is 18.5 Å². The Balaban J connectivity index is 1.50. The van der Waals surface area contributed by atoms with E-state index in [1.807, 2.05) is 13.8 Å². The van der Waals surface area contributed by atoms with E-state index in [-0.39, 0.29) is 23.9 Å². The minimum atomic E-state index is -0.624. The van der Waals surface area contributed by atoms with Crippen LogP contribution in [0, 0.1) is 0 Å². The molecule has 0 aliphatic heterocycles. The Morgan fingerprint density at radius 3 is 2.55 bits per heavy atom. The van der Waals surface area contributed by atoms with Gasteiger partial charge in [-0.1, -0.05) is 12.1 Å². The zero-order valence-electron chi connectivity index (χ0n) is 18.8. The molecule has 0 unspecified atom stereocenters. The molecule has 0 radical (unpaired) electrons. The molecule has 9 heteroatoms. The van der Waals surface area contributed by atoms with Crippen molar-refractivity contribution in [3.63, 3.8) is 0 Å². The summed E-state index contributed by atoms with van der Waals surface area (Å²) in [6, 6.07) is 8.32. The maximum atomic E-state index is 12.9. The summed E-state index contributed by atoms with van der Waals surface area (Å²) in [5.41, 5.74) is 2.33. The number of carbonyl (C=O) groups excluding carboxylic acids is 3. The van der Waals surface area contributed by atoms with Crippen LogP contribution < -0.4 is 5.32 Å². The van der Waals surface area contributed by atoms with E-state index in [1.54, 1.807) is 48.1 Å². The summed E-state index contributed by atoms with van der Waals surface area (Å²) in [7, 11) is 0. The minimum absolute atomic E-state index is 0.0820. The minimum Gasteiger partial charge on any atom is -0.462 e. The van der Waals surface area contributed by atoms with E-state index in [0.29, 0.717) is 22.5 Å². The molecular weight excluding hydrogens is 424 g/mol. The van der Waals surface area contributed by atoms with Crippen molar-refractivity contribution in [2.24, 2.45) is 0 Å². The van der Waals surface area contributed by atoms with Crippen molar-refractivity contribution in [3.8, 4) is 0 Å². The number of nitrogens with one attached hydrogen (secondary N) is 1. The van der Waals surface area contributed by atoms with Crippen molar-refractivity contribution in [2.45, 2.75) is 45.6 Å². The van der Waals surface area contributed by atoms with Crippen molar-refractivity contribution < 1.29 is 23.9 Å². The van der Waals surface area contributed by atoms with Crippen LogP contribution in [-0.4, -0.2) is 45.8 Å². The normalized spacial score (nSPS) is 13.2. The van der Waals surface area contributed by atoms with Gasteiger partial charge in [0.25, 0.3) is 5.91 Å². The number of amides is 1. The van der Waals surface area contributed by atoms with Gasteiger partial charge < -0.3 is 14.8 Å². The third-order valence-corrected chi connectivity index (χ3v) is 5.32. The summed E-state index contributed by atoms with van der Waals surface area (Å²) in [4.78, 5) is 42.2. The lowest BCUT2D eigenvalue weighted by Crippen LogP contribution is -2.22. The van der Waals surface area contributed by atoms with Gasteiger partial charge in [0, 0.05) is 17.7 Å². The number of carbonyl (C=O) groups is 3. The largest absolute Gasteiger partial charge is 0.462 e. The van der Waals surface area contributed by atoms with Crippen molar-refractivity contribution in [2.75, 3.05) is 18.5 Å². The summed E-state index contributed by atoms with van der Waals surface area (Å²) in [5, 5.41) is 7.57. The first-order valence-electron chi connectivity index (χ1n) is 11.0. The fourth-order valence-electron chi connectivity index (χ4n) is 3.55. The van der Waals surface area contributed by atoms with Crippen molar-refractivity contribution in [1.29, 1.82) is 0 Å². The number of fused-ring (bicyclic) bond motifs is 1. The van der Waals surface area contributed by atoms with Crippen LogP contribution in [0.4, 0.5) is 5.69 Å². The zero-order chi connectivity index (χ0) is 23.5. The van der Waals surface area contributed by atoms with Crippen LogP contribution in [0.3, 0.4) is 0 Å². The number of esters is 2. The molecule has 1 N–H and O–H groups in total. The second-order valence-corrected chi connectivity index (χ2v) is 8.18. The first kappa shape index (κ1) is 22.4. The van der Waals surface area contributed by atoms with Crippen molar-refractivity contribution in [3.05, 3.63) is 53.3 Å². The summed E-state index contributed by atoms with van der Waals surface area (Å²) in [5.74, 6) is -1.40. The monoisotopic (exact) mass is 450 g/mol. The molecular formula is C24H26N4O5. The number of aromatic nitrogens is 3. The average Bonchev–Trinajstić information content (AvgIpc) is 3.56. The molecule has 4 rings (SSSR count). The zero-order valence-corrected chi connectivity index (χ0v) is 18.8. The first-order valence-corrected chi connectivity index (χ1v) is 11.0. The highest BCUT2D eigenvalue weighted by atomic mass is 16.5. The third-order valence-electron chi connectivity index (χ3n) is 5.32. The molecule has 1 fully saturated rings. The molecule has 0 spiro atoms. The lowest BCUT2D eigenvalue weighted by molar-refractivity contribution is -0.119. The highest BCUT2D eigenvalue weighted by molar-refractivity contribution is 6.05. The van der Waals surface area contributed by atoms with E-state index in [1.165, 1.54) is 0 Å². The molecule has 1 aliphatic carbocycles. The van der Waals surface area contributed by atoms with Gasteiger partial charge in [-0.25, -0.2) is 19.3 Å². The van der Waals surface area contributed by atoms with E-state index >= 15 is 0 Å². The molecule has 2 heterocycles. The summed E-state index contributed by atoms with van der Waals surface area (Å²) in [6.45, 7) is 5.41. The van der Waals surface area contributed by atoms with Gasteiger partial charge in [-0.15, -0.1) is 0 Å². The maximum Gasteiger partial charge on any atom is 0.340 e. The Morgan fingerprint density at radius 2 is 1.85 bits per heavy atom. The van der Waals surface area contributed by atoms with Crippen LogP contribution in [0.15, 0.2) is 36.5 Å². The summed E-state index contributed by atoms with van der Waals surface area (Å²) in [6.07, 6.45) is 3.67. The molecule has 172 valence electrons. The number of nitrogens with zero attached hydrogens (tertiary/aromatic N) is 3. The Hall–Kier alpha value is -3.75. The van der Waals surface area contributed by atoms with Crippen LogP contribution in [0.5, 0.6) is 0 Å². The molecule has 3 aromatic rings. The third kappa shape index (κ3) is 4.87. The fourth-order valence-corrected chi connectivity index (χ4v) is 3.55. The van der Waals surface area contributed by atoms with Gasteiger partial charge in [0.2, 0.25) is 0 Å². The molecule has 0 bridgehead atoms. The highest BCUT2D eigenvalue weighted by Crippen LogP contribution is 2.40. The number of pyridine rings is 1. The van der Waals surface area contributed by atoms with Gasteiger partial charge in [-0.2, -0.15) is 5.10 Å². The summed E-state index contributed by atoms with van der Waals surface area (Å²) < 4.78 is 12.1. The molecule has 1 saturated carbocycles. The lowest BCUT2D eigenvalue weighted by atomic mass is 10.1. The van der Waals surface area contributed by atoms with Crippen LogP contribution in [0.25, 0.3) is 11.0 Å². The number of ether oxygens (including phenoxy) is 2. The Labute approximate surface area is 191 Å². The van der Waals surface area contributed by atoms with E-state index < -0.39 is 24.5 Å². The quantitative estimate of drug-likeness (QED) is 0.519. The van der Waals surface area contributed by atoms with Gasteiger partial charge in [0.15, 0.2) is 12.3 Å². The summed E-state index contributed by atoms with van der Waals surface area (Å²) >= 11 is 0. The number of hydrogen-bond acceptors (Lipinski definition) is 7. The van der Waals surface area contributed by atoms with Crippen LogP contribution in [0.2, 0.25) is 0 Å². The predicted octanol–water partition coefficient (Wildman–Crippen LogP) is 3.86. The van der Waals surface area contributed by atoms with E-state index in [9.17, 15) is 14.4 Å². The first-order chi connectivity index (χ1) is 15.9. The lowest BCUT2D eigenvalue weighted by Gasteiger charge is -2.12. The molecule has 1 amide bonds. The number of anilines is 1. The smallest absolute Gasteiger partial charge is 0.340 e. The van der Waals surface area contributed by atoms with Crippen LogP contribution in [0.1, 0.15) is 72.0 Å². The molecule has 9 nitrogen and oxygen atoms in total. The maximum absolute atomic E-state index is 12.9. The molecule has 1 aromatic carbocycles. The highest BCUT2D eigenvalue weighted by Gasteiger charge is 2.29. The van der Waals surface area contributed by atoms with E-state index in [2.05, 4.69) is 10.4 Å². The van der Waals surface area contributed by atoms with Crippen molar-refractivity contribution in [1.82, 2.24) is 14.8 Å². The Kier molecular flexibility index (Phi) is 6.39. The molecule has 33 heavy (non-hydrogen) atoms. The van der Waals surface area contributed by atoms with Gasteiger partial charge in [-0.3, -0.25) is 4.79 Å². The fraction of sp³-hybridized carbons (Fsp3) is 0.375. The Morgan fingerprint density at radius 1 is 1.12 bits per heavy atom. The van der Waals surface area contributed by atoms with E-state index in [4.69, 9.17) is 14.5 Å². The Bertz CT molecular complexity index is 1210. The van der Waals surface area contributed by atoms with Crippen molar-refractivity contribution >= 4 is 34.6 Å². The molecule has 0 atom stereocenters. The standard InChI is InChI=1S/C24H26N4O5/c1-4-32-23(30)16-7-5-6-8-19(16)26-21(29)13-33-24(31)17-11-20(15-9-10-15)27-22-18(17)12-25-28(22)14(2)3/h5-8,11-12,14-15H,4,9-10,13H2,1-3H3,(H,26,29). The van der Waals surface area contributed by atoms with Gasteiger partial charge in [-0.05, 0) is 51.8 Å². The topological polar surface area (TPSA) is 112 Å². The van der Waals surface area contributed by atoms with Gasteiger partial charge >= 0.3 is 11.9 Å². The van der Waals surface area contributed by atoms with Gasteiger partial charge in [0.05, 0.1) is 35.0 Å². The number of rotatable bonds is 8. The second-order valence-electron chi connectivity index (χ2n) is 8.18. The number of benzene rings is 1.